The summed E-state index contributed by atoms with van der Waals surface area (Å²) in [5, 5.41) is 12.0. The van der Waals surface area contributed by atoms with Gasteiger partial charge in [-0.1, -0.05) is 13.8 Å². The van der Waals surface area contributed by atoms with Crippen LogP contribution in [-0.2, 0) is 5.75 Å². The standard InChI is InChI=1S/C10H17N3O2S/c1-7(2)16-6-8-5-9(15)13-10(12-8)11-3-4-14/h5,7,14H,3-4,6H2,1-2H3,(H2,11,12,13,15). The fourth-order valence-electron chi connectivity index (χ4n) is 1.09. The number of H-pyrrole nitrogens is 1. The van der Waals surface area contributed by atoms with Crippen molar-refractivity contribution in [1.29, 1.82) is 0 Å². The van der Waals surface area contributed by atoms with Gasteiger partial charge in [-0.25, -0.2) is 4.98 Å². The first-order valence-electron chi connectivity index (χ1n) is 5.18. The van der Waals surface area contributed by atoms with Crippen molar-refractivity contribution >= 4 is 17.7 Å². The van der Waals surface area contributed by atoms with Crippen molar-refractivity contribution in [2.75, 3.05) is 18.5 Å². The number of nitrogens with zero attached hydrogens (tertiary/aromatic N) is 1. The van der Waals surface area contributed by atoms with Gasteiger partial charge in [0, 0.05) is 18.4 Å². The Hall–Kier alpha value is -1.01. The highest BCUT2D eigenvalue weighted by molar-refractivity contribution is 7.99. The Labute approximate surface area is 98.7 Å². The van der Waals surface area contributed by atoms with Crippen LogP contribution in [0.25, 0.3) is 0 Å². The summed E-state index contributed by atoms with van der Waals surface area (Å²) in [6, 6.07) is 1.50. The van der Waals surface area contributed by atoms with E-state index < -0.39 is 0 Å². The third-order valence-corrected chi connectivity index (χ3v) is 2.89. The Kier molecular flexibility index (Phi) is 5.34. The molecule has 0 aliphatic carbocycles. The van der Waals surface area contributed by atoms with Crippen LogP contribution in [0, 0.1) is 0 Å². The van der Waals surface area contributed by atoms with E-state index in [4.69, 9.17) is 5.11 Å². The second kappa shape index (κ2) is 6.55. The van der Waals surface area contributed by atoms with Crippen molar-refractivity contribution in [2.45, 2.75) is 24.9 Å². The highest BCUT2D eigenvalue weighted by Gasteiger charge is 2.02. The van der Waals surface area contributed by atoms with Crippen LogP contribution in [0.1, 0.15) is 19.5 Å². The van der Waals surface area contributed by atoms with Crippen LogP contribution in [0.3, 0.4) is 0 Å². The van der Waals surface area contributed by atoms with Crippen LogP contribution in [0.2, 0.25) is 0 Å². The van der Waals surface area contributed by atoms with Gasteiger partial charge in [-0.05, 0) is 5.25 Å². The maximum atomic E-state index is 11.3. The van der Waals surface area contributed by atoms with Crippen molar-refractivity contribution in [1.82, 2.24) is 9.97 Å². The minimum Gasteiger partial charge on any atom is -0.395 e. The molecule has 16 heavy (non-hydrogen) atoms. The zero-order valence-electron chi connectivity index (χ0n) is 9.49. The van der Waals surface area contributed by atoms with Crippen LogP contribution in [-0.4, -0.2) is 33.5 Å². The largest absolute Gasteiger partial charge is 0.395 e. The normalized spacial score (nSPS) is 10.8. The summed E-state index contributed by atoms with van der Waals surface area (Å²) >= 11 is 1.73. The first-order chi connectivity index (χ1) is 7.61. The summed E-state index contributed by atoms with van der Waals surface area (Å²) in [6.45, 7) is 4.59. The molecule has 1 heterocycles. The molecule has 0 unspecified atom stereocenters. The molecule has 0 radical (unpaired) electrons. The summed E-state index contributed by atoms with van der Waals surface area (Å²) in [4.78, 5) is 18.1. The molecule has 0 bridgehead atoms. The summed E-state index contributed by atoms with van der Waals surface area (Å²) in [6.07, 6.45) is 0. The first kappa shape index (κ1) is 13.1. The van der Waals surface area contributed by atoms with E-state index in [0.29, 0.717) is 17.7 Å². The molecular formula is C10H17N3O2S. The molecule has 5 nitrogen and oxygen atoms in total. The summed E-state index contributed by atoms with van der Waals surface area (Å²) in [7, 11) is 0. The lowest BCUT2D eigenvalue weighted by atomic mass is 10.4. The second-order valence-electron chi connectivity index (χ2n) is 3.60. The Morgan fingerprint density at radius 2 is 2.38 bits per heavy atom. The average Bonchev–Trinajstić information content (AvgIpc) is 2.23. The van der Waals surface area contributed by atoms with Crippen molar-refractivity contribution < 1.29 is 5.11 Å². The van der Waals surface area contributed by atoms with Crippen molar-refractivity contribution in [2.24, 2.45) is 0 Å². The third-order valence-electron chi connectivity index (χ3n) is 1.76. The van der Waals surface area contributed by atoms with Gasteiger partial charge in [0.05, 0.1) is 12.3 Å². The van der Waals surface area contributed by atoms with Gasteiger partial charge in [-0.2, -0.15) is 11.8 Å². The molecular weight excluding hydrogens is 226 g/mol. The number of thioether (sulfide) groups is 1. The SMILES string of the molecule is CC(C)SCc1cc(=O)[nH]c(NCCO)n1. The Morgan fingerprint density at radius 1 is 1.62 bits per heavy atom. The van der Waals surface area contributed by atoms with Gasteiger partial charge in [0.25, 0.3) is 5.56 Å². The number of aromatic nitrogens is 2. The number of nitrogens with one attached hydrogen (secondary N) is 2. The maximum absolute atomic E-state index is 11.3. The lowest BCUT2D eigenvalue weighted by Crippen LogP contribution is -2.16. The molecule has 0 aliphatic rings. The summed E-state index contributed by atoms with van der Waals surface area (Å²) < 4.78 is 0. The number of anilines is 1. The Balaban J connectivity index is 2.69. The fourth-order valence-corrected chi connectivity index (χ4v) is 1.74. The van der Waals surface area contributed by atoms with E-state index in [1.807, 2.05) is 0 Å². The molecule has 0 atom stereocenters. The lowest BCUT2D eigenvalue weighted by molar-refractivity contribution is 0.310. The Bertz CT molecular complexity index is 379. The quantitative estimate of drug-likeness (QED) is 0.689. The molecule has 0 saturated heterocycles. The van der Waals surface area contributed by atoms with E-state index in [1.165, 1.54) is 6.07 Å². The van der Waals surface area contributed by atoms with E-state index in [9.17, 15) is 4.79 Å². The van der Waals surface area contributed by atoms with Gasteiger partial charge < -0.3 is 10.4 Å². The monoisotopic (exact) mass is 243 g/mol. The molecule has 1 aromatic heterocycles. The van der Waals surface area contributed by atoms with Crippen LogP contribution in [0.5, 0.6) is 0 Å². The smallest absolute Gasteiger partial charge is 0.252 e. The van der Waals surface area contributed by atoms with E-state index in [2.05, 4.69) is 29.1 Å². The van der Waals surface area contributed by atoms with Gasteiger partial charge in [-0.15, -0.1) is 0 Å². The van der Waals surface area contributed by atoms with Crippen LogP contribution in [0.15, 0.2) is 10.9 Å². The minimum absolute atomic E-state index is 0.00861. The van der Waals surface area contributed by atoms with Crippen LogP contribution in [0.4, 0.5) is 5.95 Å². The molecule has 6 heteroatoms. The topological polar surface area (TPSA) is 78.0 Å². The minimum atomic E-state index is -0.171. The number of hydrogen-bond donors (Lipinski definition) is 3. The van der Waals surface area contributed by atoms with Crippen molar-refractivity contribution in [3.8, 4) is 0 Å². The molecule has 0 aromatic carbocycles. The average molecular weight is 243 g/mol. The highest BCUT2D eigenvalue weighted by atomic mass is 32.2. The molecule has 1 rings (SSSR count). The maximum Gasteiger partial charge on any atom is 0.252 e. The van der Waals surface area contributed by atoms with Crippen LogP contribution < -0.4 is 10.9 Å². The second-order valence-corrected chi connectivity index (χ2v) is 5.16. The first-order valence-corrected chi connectivity index (χ1v) is 6.23. The third kappa shape index (κ3) is 4.67. The number of rotatable bonds is 6. The molecule has 0 aliphatic heterocycles. The number of hydrogen-bond acceptors (Lipinski definition) is 5. The molecule has 0 spiro atoms. The van der Waals surface area contributed by atoms with E-state index in [-0.39, 0.29) is 12.2 Å². The highest BCUT2D eigenvalue weighted by Crippen LogP contribution is 2.14. The number of aliphatic hydroxyl groups is 1. The van der Waals surface area contributed by atoms with Crippen molar-refractivity contribution in [3.05, 3.63) is 22.1 Å². The summed E-state index contributed by atoms with van der Waals surface area (Å²) in [5.41, 5.74) is 0.581. The molecule has 0 saturated carbocycles. The molecule has 0 fully saturated rings. The Morgan fingerprint density at radius 3 is 3.00 bits per heavy atom. The van der Waals surface area contributed by atoms with Crippen LogP contribution >= 0.6 is 11.8 Å². The van der Waals surface area contributed by atoms with Gasteiger partial charge in [0.15, 0.2) is 0 Å². The van der Waals surface area contributed by atoms with E-state index >= 15 is 0 Å². The number of aliphatic hydroxyl groups excluding tert-OH is 1. The summed E-state index contributed by atoms with van der Waals surface area (Å²) in [5.74, 6) is 1.14. The van der Waals surface area contributed by atoms with Gasteiger partial charge in [0.1, 0.15) is 0 Å². The fraction of sp³-hybridized carbons (Fsp3) is 0.600. The molecule has 0 amide bonds. The zero-order chi connectivity index (χ0) is 12.0. The van der Waals surface area contributed by atoms with Gasteiger partial charge in [0.2, 0.25) is 5.95 Å². The number of aromatic amines is 1. The molecule has 1 aromatic rings. The van der Waals surface area contributed by atoms with E-state index in [0.717, 1.165) is 11.4 Å². The zero-order valence-corrected chi connectivity index (χ0v) is 10.3. The van der Waals surface area contributed by atoms with Gasteiger partial charge >= 0.3 is 0 Å². The predicted octanol–water partition coefficient (Wildman–Crippen LogP) is 0.816. The van der Waals surface area contributed by atoms with Crippen molar-refractivity contribution in [3.63, 3.8) is 0 Å². The molecule has 90 valence electrons. The lowest BCUT2D eigenvalue weighted by Gasteiger charge is -2.07. The predicted molar refractivity (Wildman–Crippen MR) is 66.9 cm³/mol. The van der Waals surface area contributed by atoms with Gasteiger partial charge in [-0.3, -0.25) is 9.78 Å². The molecule has 3 N–H and O–H groups in total. The van der Waals surface area contributed by atoms with E-state index in [1.54, 1.807) is 11.8 Å².